The highest BCUT2D eigenvalue weighted by atomic mass is 16.1. The molecule has 0 N–H and O–H groups in total. The summed E-state index contributed by atoms with van der Waals surface area (Å²) in [6, 6.07) is 7.84. The molecule has 4 heteroatoms. The Bertz CT molecular complexity index is 623. The first-order chi connectivity index (χ1) is 9.93. The molecule has 2 rings (SSSR count). The minimum atomic E-state index is -0.0522. The first kappa shape index (κ1) is 15.4. The number of Topliss-reactive ketones (excluding diaryl/α,β-unsaturated/α-hetero) is 1. The van der Waals surface area contributed by atoms with Crippen molar-refractivity contribution in [3.63, 3.8) is 0 Å². The third kappa shape index (κ3) is 3.57. The quantitative estimate of drug-likeness (QED) is 0.791. The first-order valence-corrected chi connectivity index (χ1v) is 7.43. The van der Waals surface area contributed by atoms with Gasteiger partial charge in [-0.2, -0.15) is 5.10 Å². The van der Waals surface area contributed by atoms with E-state index in [4.69, 9.17) is 0 Å². The molecular weight excluding hydrogens is 262 g/mol. The standard InChI is InChI=1S/C17H23N3O/c1-5-10-20-16(18-12-19-20)11-15(21)13-8-6-7-9-14(13)17(2,3)4/h6-9,12H,5,10-11H2,1-4H3. The van der Waals surface area contributed by atoms with Gasteiger partial charge in [-0.15, -0.1) is 0 Å². The summed E-state index contributed by atoms with van der Waals surface area (Å²) in [5.41, 5.74) is 1.82. The van der Waals surface area contributed by atoms with Crippen LogP contribution in [0.25, 0.3) is 0 Å². The van der Waals surface area contributed by atoms with E-state index in [0.717, 1.165) is 29.9 Å². The lowest BCUT2D eigenvalue weighted by Gasteiger charge is -2.22. The van der Waals surface area contributed by atoms with Gasteiger partial charge in [0.2, 0.25) is 0 Å². The molecule has 0 aliphatic heterocycles. The van der Waals surface area contributed by atoms with Gasteiger partial charge in [-0.05, 0) is 17.4 Å². The number of nitrogens with zero attached hydrogens (tertiary/aromatic N) is 3. The Morgan fingerprint density at radius 3 is 2.62 bits per heavy atom. The summed E-state index contributed by atoms with van der Waals surface area (Å²) < 4.78 is 1.82. The Morgan fingerprint density at radius 2 is 1.95 bits per heavy atom. The van der Waals surface area contributed by atoms with Crippen molar-refractivity contribution in [2.45, 2.75) is 52.5 Å². The van der Waals surface area contributed by atoms with E-state index in [1.807, 2.05) is 28.9 Å². The van der Waals surface area contributed by atoms with Crippen LogP contribution >= 0.6 is 0 Å². The average Bonchev–Trinajstić information content (AvgIpc) is 2.85. The molecule has 0 atom stereocenters. The van der Waals surface area contributed by atoms with Gasteiger partial charge >= 0.3 is 0 Å². The van der Waals surface area contributed by atoms with E-state index < -0.39 is 0 Å². The van der Waals surface area contributed by atoms with Crippen molar-refractivity contribution in [2.24, 2.45) is 0 Å². The molecular formula is C17H23N3O. The molecule has 1 aromatic heterocycles. The summed E-state index contributed by atoms with van der Waals surface area (Å²) in [5.74, 6) is 0.844. The van der Waals surface area contributed by atoms with E-state index >= 15 is 0 Å². The lowest BCUT2D eigenvalue weighted by atomic mass is 9.82. The number of hydrogen-bond donors (Lipinski definition) is 0. The fourth-order valence-corrected chi connectivity index (χ4v) is 2.44. The second kappa shape index (κ2) is 6.20. The molecule has 1 aromatic carbocycles. The van der Waals surface area contributed by atoms with Crippen molar-refractivity contribution in [3.05, 3.63) is 47.5 Å². The Kier molecular flexibility index (Phi) is 4.56. The Hall–Kier alpha value is -1.97. The predicted molar refractivity (Wildman–Crippen MR) is 83.5 cm³/mol. The number of hydrogen-bond acceptors (Lipinski definition) is 3. The van der Waals surface area contributed by atoms with E-state index in [2.05, 4.69) is 37.8 Å². The number of ketones is 1. The van der Waals surface area contributed by atoms with Gasteiger partial charge in [0.25, 0.3) is 0 Å². The highest BCUT2D eigenvalue weighted by Crippen LogP contribution is 2.26. The van der Waals surface area contributed by atoms with E-state index in [1.165, 1.54) is 6.33 Å². The number of carbonyl (C=O) groups is 1. The van der Waals surface area contributed by atoms with Crippen LogP contribution in [0.4, 0.5) is 0 Å². The molecule has 0 radical (unpaired) electrons. The van der Waals surface area contributed by atoms with Crippen molar-refractivity contribution < 1.29 is 4.79 Å². The molecule has 4 nitrogen and oxygen atoms in total. The maximum atomic E-state index is 12.7. The number of benzene rings is 1. The molecule has 112 valence electrons. The number of rotatable bonds is 5. The topological polar surface area (TPSA) is 47.8 Å². The molecule has 0 amide bonds. The molecule has 0 saturated carbocycles. The fourth-order valence-electron chi connectivity index (χ4n) is 2.44. The summed E-state index contributed by atoms with van der Waals surface area (Å²) in [6.07, 6.45) is 2.80. The number of carbonyl (C=O) groups excluding carboxylic acids is 1. The van der Waals surface area contributed by atoms with Gasteiger partial charge in [0.1, 0.15) is 12.2 Å². The van der Waals surface area contributed by atoms with Crippen LogP contribution in [0.2, 0.25) is 0 Å². The molecule has 0 unspecified atom stereocenters. The van der Waals surface area contributed by atoms with Crippen LogP contribution in [-0.4, -0.2) is 20.5 Å². The maximum Gasteiger partial charge on any atom is 0.170 e. The van der Waals surface area contributed by atoms with Gasteiger partial charge in [-0.3, -0.25) is 4.79 Å². The number of aromatic nitrogens is 3. The summed E-state index contributed by atoms with van der Waals surface area (Å²) in [7, 11) is 0. The lowest BCUT2D eigenvalue weighted by Crippen LogP contribution is -2.19. The van der Waals surface area contributed by atoms with Crippen LogP contribution in [0.3, 0.4) is 0 Å². The minimum Gasteiger partial charge on any atom is -0.294 e. The molecule has 0 bridgehead atoms. The third-order valence-electron chi connectivity index (χ3n) is 3.49. The molecule has 0 saturated heterocycles. The van der Waals surface area contributed by atoms with Crippen molar-refractivity contribution in [3.8, 4) is 0 Å². The summed E-state index contributed by atoms with van der Waals surface area (Å²) in [5, 5.41) is 4.18. The van der Waals surface area contributed by atoms with E-state index in [9.17, 15) is 4.79 Å². The summed E-state index contributed by atoms with van der Waals surface area (Å²) in [6.45, 7) is 9.25. The zero-order valence-electron chi connectivity index (χ0n) is 13.3. The lowest BCUT2D eigenvalue weighted by molar-refractivity contribution is 0.0987. The highest BCUT2D eigenvalue weighted by Gasteiger charge is 2.22. The SMILES string of the molecule is CCCn1ncnc1CC(=O)c1ccccc1C(C)(C)C. The van der Waals surface area contributed by atoms with Crippen molar-refractivity contribution in [1.29, 1.82) is 0 Å². The predicted octanol–water partition coefficient (Wildman–Crippen LogP) is 3.41. The van der Waals surface area contributed by atoms with Crippen molar-refractivity contribution >= 4 is 5.78 Å². The molecule has 0 aliphatic carbocycles. The smallest absolute Gasteiger partial charge is 0.170 e. The van der Waals surface area contributed by atoms with Crippen LogP contribution in [0.1, 0.15) is 55.9 Å². The second-order valence-corrected chi connectivity index (χ2v) is 6.29. The largest absolute Gasteiger partial charge is 0.294 e. The van der Waals surface area contributed by atoms with Gasteiger partial charge in [0, 0.05) is 12.1 Å². The first-order valence-electron chi connectivity index (χ1n) is 7.43. The molecule has 2 aromatic rings. The van der Waals surface area contributed by atoms with Crippen LogP contribution in [0, 0.1) is 0 Å². The summed E-state index contributed by atoms with van der Waals surface area (Å²) >= 11 is 0. The second-order valence-electron chi connectivity index (χ2n) is 6.29. The van der Waals surface area contributed by atoms with E-state index in [-0.39, 0.29) is 11.2 Å². The van der Waals surface area contributed by atoms with Crippen molar-refractivity contribution in [1.82, 2.24) is 14.8 Å². The molecule has 0 fully saturated rings. The third-order valence-corrected chi connectivity index (χ3v) is 3.49. The van der Waals surface area contributed by atoms with Crippen LogP contribution in [0.5, 0.6) is 0 Å². The highest BCUT2D eigenvalue weighted by molar-refractivity contribution is 5.98. The van der Waals surface area contributed by atoms with E-state index in [1.54, 1.807) is 0 Å². The van der Waals surface area contributed by atoms with Crippen LogP contribution in [-0.2, 0) is 18.4 Å². The van der Waals surface area contributed by atoms with Gasteiger partial charge in [0.05, 0.1) is 6.42 Å². The molecule has 0 aliphatic rings. The van der Waals surface area contributed by atoms with Gasteiger partial charge in [-0.1, -0.05) is 52.0 Å². The molecule has 21 heavy (non-hydrogen) atoms. The normalized spacial score (nSPS) is 11.6. The Balaban J connectivity index is 2.27. The van der Waals surface area contributed by atoms with E-state index in [0.29, 0.717) is 6.42 Å². The molecule has 0 spiro atoms. The Morgan fingerprint density at radius 1 is 1.24 bits per heavy atom. The van der Waals surface area contributed by atoms with Gasteiger partial charge in [-0.25, -0.2) is 9.67 Å². The van der Waals surface area contributed by atoms with Gasteiger partial charge < -0.3 is 0 Å². The molecule has 1 heterocycles. The maximum absolute atomic E-state index is 12.7. The number of aryl methyl sites for hydroxylation is 1. The van der Waals surface area contributed by atoms with Gasteiger partial charge in [0.15, 0.2) is 5.78 Å². The Labute approximate surface area is 126 Å². The fraction of sp³-hybridized carbons (Fsp3) is 0.471. The van der Waals surface area contributed by atoms with Crippen LogP contribution < -0.4 is 0 Å². The summed E-state index contributed by atoms with van der Waals surface area (Å²) in [4.78, 5) is 16.9. The zero-order valence-corrected chi connectivity index (χ0v) is 13.3. The average molecular weight is 285 g/mol. The monoisotopic (exact) mass is 285 g/mol. The zero-order chi connectivity index (χ0) is 15.5. The van der Waals surface area contributed by atoms with Crippen molar-refractivity contribution in [2.75, 3.05) is 0 Å². The van der Waals surface area contributed by atoms with Crippen LogP contribution in [0.15, 0.2) is 30.6 Å². The minimum absolute atomic E-state index is 0.0522.